The van der Waals surface area contributed by atoms with Gasteiger partial charge in [0.1, 0.15) is 0 Å². The summed E-state index contributed by atoms with van der Waals surface area (Å²) in [7, 11) is 0. The molecule has 3 aromatic rings. The standard InChI is InChI=1S/C23H23N7O/c1-3-17(12-25)11-21(31)18-5-7-19(8-6-18)22-16(2)13-26-23(29-22)28-20-14-27-30(15-20)10-4-9-24/h5-8,13-15,17H,3-4,10-11H2,1-2H3,(H,26,28,29)/t17-/m1/s1. The molecule has 1 N–H and O–H groups in total. The summed E-state index contributed by atoms with van der Waals surface area (Å²) in [6, 6.07) is 11.5. The van der Waals surface area contributed by atoms with Crippen molar-refractivity contribution in [3.63, 3.8) is 0 Å². The van der Waals surface area contributed by atoms with Gasteiger partial charge in [0.05, 0.1) is 48.6 Å². The zero-order valence-electron chi connectivity index (χ0n) is 17.5. The number of ketones is 1. The fourth-order valence-corrected chi connectivity index (χ4v) is 3.08. The highest BCUT2D eigenvalue weighted by molar-refractivity contribution is 5.96. The number of aromatic nitrogens is 4. The first-order valence-corrected chi connectivity index (χ1v) is 10.1. The second-order valence-corrected chi connectivity index (χ2v) is 7.19. The number of hydrogen-bond donors (Lipinski definition) is 1. The molecule has 0 saturated carbocycles. The van der Waals surface area contributed by atoms with Crippen LogP contribution in [-0.4, -0.2) is 25.5 Å². The van der Waals surface area contributed by atoms with Crippen LogP contribution in [0.1, 0.15) is 42.1 Å². The molecule has 0 saturated heterocycles. The molecule has 0 aliphatic heterocycles. The van der Waals surface area contributed by atoms with E-state index in [0.29, 0.717) is 30.9 Å². The molecule has 31 heavy (non-hydrogen) atoms. The number of carbonyl (C=O) groups is 1. The molecule has 8 heteroatoms. The summed E-state index contributed by atoms with van der Waals surface area (Å²) in [6.45, 7) is 4.36. The van der Waals surface area contributed by atoms with Gasteiger partial charge in [0.15, 0.2) is 5.78 Å². The first kappa shape index (κ1) is 21.7. The van der Waals surface area contributed by atoms with Gasteiger partial charge in [-0.2, -0.15) is 15.6 Å². The molecular weight excluding hydrogens is 390 g/mol. The molecule has 3 rings (SSSR count). The highest BCUT2D eigenvalue weighted by Gasteiger charge is 2.14. The first-order valence-electron chi connectivity index (χ1n) is 10.1. The zero-order chi connectivity index (χ0) is 22.2. The zero-order valence-corrected chi connectivity index (χ0v) is 17.5. The third-order valence-corrected chi connectivity index (χ3v) is 4.90. The summed E-state index contributed by atoms with van der Waals surface area (Å²) >= 11 is 0. The Balaban J connectivity index is 1.75. The number of rotatable bonds is 9. The molecule has 1 aromatic carbocycles. The number of benzene rings is 1. The molecule has 0 unspecified atom stereocenters. The summed E-state index contributed by atoms with van der Waals surface area (Å²) in [5.74, 6) is 0.143. The van der Waals surface area contributed by atoms with Gasteiger partial charge in [0.2, 0.25) is 5.95 Å². The molecule has 0 spiro atoms. The Labute approximate surface area is 181 Å². The van der Waals surface area contributed by atoms with Crippen LogP contribution in [0.5, 0.6) is 0 Å². The molecule has 1 atom stereocenters. The van der Waals surface area contributed by atoms with Crippen LogP contribution >= 0.6 is 0 Å². The van der Waals surface area contributed by atoms with Gasteiger partial charge in [0.25, 0.3) is 0 Å². The largest absolute Gasteiger partial charge is 0.321 e. The molecule has 156 valence electrons. The van der Waals surface area contributed by atoms with Crippen molar-refractivity contribution in [2.45, 2.75) is 39.7 Å². The predicted octanol–water partition coefficient (Wildman–Crippen LogP) is 4.43. The number of nitrogens with one attached hydrogen (secondary N) is 1. The van der Waals surface area contributed by atoms with Crippen LogP contribution < -0.4 is 5.32 Å². The number of Topliss-reactive ketones (excluding diaryl/α,β-unsaturated/α-hetero) is 1. The number of nitriles is 2. The van der Waals surface area contributed by atoms with Crippen LogP contribution in [0.4, 0.5) is 11.6 Å². The molecule has 2 aromatic heterocycles. The van der Waals surface area contributed by atoms with E-state index in [1.165, 1.54) is 0 Å². The van der Waals surface area contributed by atoms with Crippen LogP contribution in [0.3, 0.4) is 0 Å². The predicted molar refractivity (Wildman–Crippen MR) is 116 cm³/mol. The maximum atomic E-state index is 12.4. The minimum absolute atomic E-state index is 0.0323. The molecule has 0 aliphatic rings. The molecule has 0 aliphatic carbocycles. The summed E-state index contributed by atoms with van der Waals surface area (Å²) in [5, 5.41) is 25.1. The normalized spacial score (nSPS) is 11.4. The quantitative estimate of drug-likeness (QED) is 0.515. The second-order valence-electron chi connectivity index (χ2n) is 7.19. The third kappa shape index (κ3) is 5.52. The van der Waals surface area contributed by atoms with E-state index >= 15 is 0 Å². The number of nitrogens with zero attached hydrogens (tertiary/aromatic N) is 6. The number of hydrogen-bond acceptors (Lipinski definition) is 7. The third-order valence-electron chi connectivity index (χ3n) is 4.90. The van der Waals surface area contributed by atoms with Crippen molar-refractivity contribution in [1.82, 2.24) is 19.7 Å². The molecule has 0 fully saturated rings. The lowest BCUT2D eigenvalue weighted by atomic mass is 9.96. The minimum Gasteiger partial charge on any atom is -0.321 e. The van der Waals surface area contributed by atoms with Gasteiger partial charge in [-0.1, -0.05) is 31.2 Å². The summed E-state index contributed by atoms with van der Waals surface area (Å²) in [5.41, 5.74) is 3.86. The minimum atomic E-state index is -0.255. The lowest BCUT2D eigenvalue weighted by Gasteiger charge is -2.09. The molecule has 8 nitrogen and oxygen atoms in total. The van der Waals surface area contributed by atoms with E-state index < -0.39 is 0 Å². The topological polar surface area (TPSA) is 120 Å². The van der Waals surface area contributed by atoms with E-state index in [0.717, 1.165) is 22.5 Å². The Bertz CT molecular complexity index is 1140. The molecule has 0 bridgehead atoms. The van der Waals surface area contributed by atoms with Gasteiger partial charge in [-0.25, -0.2) is 9.97 Å². The van der Waals surface area contributed by atoms with Crippen LogP contribution in [0.2, 0.25) is 0 Å². The van der Waals surface area contributed by atoms with Gasteiger partial charge >= 0.3 is 0 Å². The van der Waals surface area contributed by atoms with Crippen LogP contribution in [0.15, 0.2) is 42.9 Å². The fourth-order valence-electron chi connectivity index (χ4n) is 3.08. The van der Waals surface area contributed by atoms with E-state index in [1.807, 2.05) is 26.0 Å². The van der Waals surface area contributed by atoms with E-state index in [2.05, 4.69) is 32.5 Å². The van der Waals surface area contributed by atoms with E-state index in [-0.39, 0.29) is 18.1 Å². The first-order chi connectivity index (χ1) is 15.0. The Morgan fingerprint density at radius 2 is 2.00 bits per heavy atom. The Hall–Kier alpha value is -4.04. The summed E-state index contributed by atoms with van der Waals surface area (Å²) < 4.78 is 1.69. The molecule has 0 radical (unpaired) electrons. The average molecular weight is 413 g/mol. The maximum absolute atomic E-state index is 12.4. The molecule has 0 amide bonds. The van der Waals surface area contributed by atoms with E-state index in [4.69, 9.17) is 10.5 Å². The smallest absolute Gasteiger partial charge is 0.227 e. The van der Waals surface area contributed by atoms with Crippen molar-refractivity contribution in [3.8, 4) is 23.4 Å². The van der Waals surface area contributed by atoms with Crippen LogP contribution in [0, 0.1) is 35.5 Å². The van der Waals surface area contributed by atoms with E-state index in [1.54, 1.807) is 35.4 Å². The van der Waals surface area contributed by atoms with Crippen molar-refractivity contribution in [3.05, 3.63) is 54.0 Å². The van der Waals surface area contributed by atoms with Crippen molar-refractivity contribution in [1.29, 1.82) is 10.5 Å². The van der Waals surface area contributed by atoms with Crippen molar-refractivity contribution >= 4 is 17.4 Å². The van der Waals surface area contributed by atoms with Gasteiger partial charge < -0.3 is 5.32 Å². The number of anilines is 2. The highest BCUT2D eigenvalue weighted by atomic mass is 16.1. The van der Waals surface area contributed by atoms with Crippen molar-refractivity contribution in [2.75, 3.05) is 5.32 Å². The number of aryl methyl sites for hydroxylation is 2. The molecular formula is C23H23N7O. The van der Waals surface area contributed by atoms with Crippen molar-refractivity contribution < 1.29 is 4.79 Å². The Morgan fingerprint density at radius 1 is 1.23 bits per heavy atom. The van der Waals surface area contributed by atoms with Gasteiger partial charge in [0, 0.05) is 29.9 Å². The van der Waals surface area contributed by atoms with Crippen LogP contribution in [0.25, 0.3) is 11.3 Å². The van der Waals surface area contributed by atoms with Gasteiger partial charge in [-0.15, -0.1) is 0 Å². The Kier molecular flexibility index (Phi) is 7.08. The van der Waals surface area contributed by atoms with Gasteiger partial charge in [-0.05, 0) is 18.9 Å². The fraction of sp³-hybridized carbons (Fsp3) is 0.304. The lowest BCUT2D eigenvalue weighted by molar-refractivity contribution is 0.0969. The molecule has 2 heterocycles. The SMILES string of the molecule is CC[C@@H](C#N)CC(=O)c1ccc(-c2nc(Nc3cnn(CCC#N)c3)ncc2C)cc1. The van der Waals surface area contributed by atoms with E-state index in [9.17, 15) is 4.79 Å². The Morgan fingerprint density at radius 3 is 2.68 bits per heavy atom. The highest BCUT2D eigenvalue weighted by Crippen LogP contribution is 2.24. The maximum Gasteiger partial charge on any atom is 0.227 e. The summed E-state index contributed by atoms with van der Waals surface area (Å²) in [6.07, 6.45) is 6.47. The second kappa shape index (κ2) is 10.1. The van der Waals surface area contributed by atoms with Crippen molar-refractivity contribution in [2.24, 2.45) is 5.92 Å². The lowest BCUT2D eigenvalue weighted by Crippen LogP contribution is -2.06. The van der Waals surface area contributed by atoms with Crippen LogP contribution in [-0.2, 0) is 6.54 Å². The monoisotopic (exact) mass is 413 g/mol. The summed E-state index contributed by atoms with van der Waals surface area (Å²) in [4.78, 5) is 21.4. The number of carbonyl (C=O) groups excluding carboxylic acids is 1. The van der Waals surface area contributed by atoms with Gasteiger partial charge in [-0.3, -0.25) is 9.48 Å². The average Bonchev–Trinajstić information content (AvgIpc) is 3.24.